The van der Waals surface area contributed by atoms with E-state index in [0.717, 1.165) is 5.69 Å². The van der Waals surface area contributed by atoms with Crippen LogP contribution in [-0.2, 0) is 9.59 Å². The van der Waals surface area contributed by atoms with Crippen molar-refractivity contribution in [2.45, 2.75) is 6.92 Å². The number of carbonyl (C=O) groups is 3. The van der Waals surface area contributed by atoms with Gasteiger partial charge in [-0.1, -0.05) is 30.3 Å². The quantitative estimate of drug-likeness (QED) is 0.120. The lowest BCUT2D eigenvalue weighted by molar-refractivity contribution is -0.136. The highest BCUT2D eigenvalue weighted by Crippen LogP contribution is 2.23. The maximum absolute atomic E-state index is 13.5. The van der Waals surface area contributed by atoms with Crippen LogP contribution in [0.2, 0.25) is 0 Å². The maximum Gasteiger partial charge on any atom is 0.329 e. The first kappa shape index (κ1) is 29.4. The molecular formula is C33H27FN6O4. The summed E-state index contributed by atoms with van der Waals surface area (Å²) in [6.45, 7) is 2.40. The molecule has 0 unspecified atom stereocenters. The number of benzene rings is 4. The number of rotatable bonds is 9. The van der Waals surface area contributed by atoms with Gasteiger partial charge in [-0.05, 0) is 79.7 Å². The van der Waals surface area contributed by atoms with E-state index in [4.69, 9.17) is 4.74 Å². The molecule has 0 radical (unpaired) electrons. The van der Waals surface area contributed by atoms with Crippen LogP contribution in [0.3, 0.4) is 0 Å². The molecule has 3 N–H and O–H groups in total. The molecule has 4 aromatic carbocycles. The Balaban J connectivity index is 1.27. The van der Waals surface area contributed by atoms with Crippen molar-refractivity contribution in [1.29, 1.82) is 0 Å². The van der Waals surface area contributed by atoms with E-state index in [2.05, 4.69) is 26.3 Å². The number of hydrogen-bond donors (Lipinski definition) is 3. The topological polar surface area (TPSA) is 127 Å². The Morgan fingerprint density at radius 1 is 0.864 bits per heavy atom. The fraction of sp³-hybridized carbons (Fsp3) is 0.0606. The third kappa shape index (κ3) is 7.21. The number of para-hydroxylation sites is 2. The Morgan fingerprint density at radius 3 is 2.30 bits per heavy atom. The van der Waals surface area contributed by atoms with Gasteiger partial charge in [0, 0.05) is 23.0 Å². The van der Waals surface area contributed by atoms with Crippen LogP contribution in [0.1, 0.15) is 22.8 Å². The lowest BCUT2D eigenvalue weighted by Gasteiger charge is -2.11. The van der Waals surface area contributed by atoms with E-state index in [-0.39, 0.29) is 17.1 Å². The minimum Gasteiger partial charge on any atom is -0.494 e. The number of carbonyl (C=O) groups excluding carboxylic acids is 3. The molecule has 0 bridgehead atoms. The first-order valence-electron chi connectivity index (χ1n) is 13.6. The molecule has 44 heavy (non-hydrogen) atoms. The summed E-state index contributed by atoms with van der Waals surface area (Å²) in [4.78, 5) is 38.3. The van der Waals surface area contributed by atoms with Crippen LogP contribution in [-0.4, -0.2) is 40.3 Å². The molecule has 0 spiro atoms. The molecule has 11 heteroatoms. The third-order valence-corrected chi connectivity index (χ3v) is 6.30. The second kappa shape index (κ2) is 13.7. The average Bonchev–Trinajstić information content (AvgIpc) is 3.47. The van der Waals surface area contributed by atoms with Gasteiger partial charge in [-0.15, -0.1) is 0 Å². The Kier molecular flexibility index (Phi) is 9.16. The number of ether oxygens (including phenoxy) is 1. The zero-order valence-electron chi connectivity index (χ0n) is 23.5. The summed E-state index contributed by atoms with van der Waals surface area (Å²) in [5, 5.41) is 13.8. The van der Waals surface area contributed by atoms with E-state index in [9.17, 15) is 18.8 Å². The smallest absolute Gasteiger partial charge is 0.329 e. The standard InChI is InChI=1S/C33H27FN6O4/c1-2-44-27-18-16-25(17-19-27)36-31(41)28-10-6-7-11-29(28)37-32(42)33(43)38-35-20-23-21-40(26-8-4-3-5-9-26)39-30(23)22-12-14-24(34)15-13-22/h3-21H,2H2,1H3,(H,36,41)(H,37,42)(H,38,43). The summed E-state index contributed by atoms with van der Waals surface area (Å²) in [6.07, 6.45) is 3.04. The number of halogens is 1. The summed E-state index contributed by atoms with van der Waals surface area (Å²) in [7, 11) is 0. The zero-order valence-corrected chi connectivity index (χ0v) is 23.5. The number of nitrogens with zero attached hydrogens (tertiary/aromatic N) is 3. The minimum atomic E-state index is -1.05. The first-order valence-corrected chi connectivity index (χ1v) is 13.6. The second-order valence-electron chi connectivity index (χ2n) is 9.33. The Bertz CT molecular complexity index is 1800. The highest BCUT2D eigenvalue weighted by Gasteiger charge is 2.18. The molecule has 0 atom stereocenters. The van der Waals surface area contributed by atoms with E-state index in [1.807, 2.05) is 37.3 Å². The molecule has 0 aliphatic rings. The van der Waals surface area contributed by atoms with Crippen molar-refractivity contribution in [2.24, 2.45) is 5.10 Å². The predicted octanol–water partition coefficient (Wildman–Crippen LogP) is 5.42. The van der Waals surface area contributed by atoms with Crippen LogP contribution in [0, 0.1) is 5.82 Å². The van der Waals surface area contributed by atoms with Crippen molar-refractivity contribution >= 4 is 35.3 Å². The van der Waals surface area contributed by atoms with Crippen molar-refractivity contribution in [1.82, 2.24) is 15.2 Å². The summed E-state index contributed by atoms with van der Waals surface area (Å²) in [6, 6.07) is 28.3. The molecule has 0 aliphatic carbocycles. The van der Waals surface area contributed by atoms with Gasteiger partial charge in [0.25, 0.3) is 5.91 Å². The van der Waals surface area contributed by atoms with Crippen molar-refractivity contribution in [3.8, 4) is 22.7 Å². The molecule has 1 aromatic heterocycles. The van der Waals surface area contributed by atoms with Crippen LogP contribution < -0.4 is 20.8 Å². The Morgan fingerprint density at radius 2 is 1.57 bits per heavy atom. The van der Waals surface area contributed by atoms with Gasteiger partial charge in [-0.25, -0.2) is 14.5 Å². The molecule has 5 rings (SSSR count). The molecule has 3 amide bonds. The van der Waals surface area contributed by atoms with Gasteiger partial charge >= 0.3 is 11.8 Å². The van der Waals surface area contributed by atoms with Gasteiger partial charge in [0.1, 0.15) is 17.3 Å². The Hall–Kier alpha value is -6.10. The number of aromatic nitrogens is 2. The predicted molar refractivity (Wildman–Crippen MR) is 165 cm³/mol. The van der Waals surface area contributed by atoms with E-state index < -0.39 is 17.7 Å². The lowest BCUT2D eigenvalue weighted by Crippen LogP contribution is -2.33. The highest BCUT2D eigenvalue weighted by molar-refractivity contribution is 6.40. The molecule has 0 aliphatic heterocycles. The van der Waals surface area contributed by atoms with Crippen LogP contribution >= 0.6 is 0 Å². The SMILES string of the molecule is CCOc1ccc(NC(=O)c2ccccc2NC(=O)C(=O)NN=Cc2cn(-c3ccccc3)nc2-c2ccc(F)cc2)cc1. The summed E-state index contributed by atoms with van der Waals surface area (Å²) in [5.74, 6) is -2.28. The van der Waals surface area contributed by atoms with E-state index in [1.54, 1.807) is 59.4 Å². The number of anilines is 2. The largest absolute Gasteiger partial charge is 0.494 e. The Labute approximate surface area is 252 Å². The van der Waals surface area contributed by atoms with Crippen LogP contribution in [0.5, 0.6) is 5.75 Å². The second-order valence-corrected chi connectivity index (χ2v) is 9.33. The molecule has 10 nitrogen and oxygen atoms in total. The van der Waals surface area contributed by atoms with Crippen molar-refractivity contribution in [2.75, 3.05) is 17.2 Å². The fourth-order valence-corrected chi connectivity index (χ4v) is 4.21. The van der Waals surface area contributed by atoms with Crippen molar-refractivity contribution < 1.29 is 23.5 Å². The number of amides is 3. The van der Waals surface area contributed by atoms with Crippen molar-refractivity contribution in [3.05, 3.63) is 126 Å². The van der Waals surface area contributed by atoms with E-state index >= 15 is 0 Å². The first-order chi connectivity index (χ1) is 21.4. The van der Waals surface area contributed by atoms with Crippen LogP contribution in [0.4, 0.5) is 15.8 Å². The van der Waals surface area contributed by atoms with Gasteiger partial charge in [-0.3, -0.25) is 14.4 Å². The minimum absolute atomic E-state index is 0.141. The van der Waals surface area contributed by atoms with Crippen LogP contribution in [0.15, 0.2) is 114 Å². The number of nitrogens with one attached hydrogen (secondary N) is 3. The highest BCUT2D eigenvalue weighted by atomic mass is 19.1. The summed E-state index contributed by atoms with van der Waals surface area (Å²) < 4.78 is 20.6. The van der Waals surface area contributed by atoms with Gasteiger partial charge in [0.15, 0.2) is 0 Å². The number of hydrazone groups is 1. The van der Waals surface area contributed by atoms with Gasteiger partial charge < -0.3 is 15.4 Å². The van der Waals surface area contributed by atoms with E-state index in [1.165, 1.54) is 30.5 Å². The van der Waals surface area contributed by atoms with E-state index in [0.29, 0.717) is 34.9 Å². The molecule has 220 valence electrons. The third-order valence-electron chi connectivity index (χ3n) is 6.30. The molecule has 0 saturated carbocycles. The monoisotopic (exact) mass is 590 g/mol. The molecular weight excluding hydrogens is 563 g/mol. The summed E-state index contributed by atoms with van der Waals surface area (Å²) >= 11 is 0. The molecule has 1 heterocycles. The molecule has 0 fully saturated rings. The molecule has 0 saturated heterocycles. The van der Waals surface area contributed by atoms with Gasteiger partial charge in [0.2, 0.25) is 0 Å². The zero-order chi connectivity index (χ0) is 30.9. The average molecular weight is 591 g/mol. The molecule has 5 aromatic rings. The van der Waals surface area contributed by atoms with Crippen LogP contribution in [0.25, 0.3) is 16.9 Å². The van der Waals surface area contributed by atoms with Gasteiger partial charge in [-0.2, -0.15) is 10.2 Å². The lowest BCUT2D eigenvalue weighted by atomic mass is 10.1. The maximum atomic E-state index is 13.5. The normalized spacial score (nSPS) is 10.8. The fourth-order valence-electron chi connectivity index (χ4n) is 4.21. The number of hydrogen-bond acceptors (Lipinski definition) is 6. The summed E-state index contributed by atoms with van der Waals surface area (Å²) in [5.41, 5.74) is 5.44. The van der Waals surface area contributed by atoms with Crippen molar-refractivity contribution in [3.63, 3.8) is 0 Å². The van der Waals surface area contributed by atoms with Gasteiger partial charge in [0.05, 0.1) is 29.8 Å².